The van der Waals surface area contributed by atoms with Crippen LogP contribution in [-0.4, -0.2) is 31.7 Å². The van der Waals surface area contributed by atoms with E-state index in [2.05, 4.69) is 21.1 Å². The van der Waals surface area contributed by atoms with Crippen molar-refractivity contribution in [3.05, 3.63) is 60.4 Å². The minimum absolute atomic E-state index is 0.484. The number of hydrogen-bond acceptors (Lipinski definition) is 5. The maximum absolute atomic E-state index is 9.97. The lowest BCUT2D eigenvalue weighted by molar-refractivity contribution is 0.238. The summed E-state index contributed by atoms with van der Waals surface area (Å²) in [5, 5.41) is 18.9. The lowest BCUT2D eigenvalue weighted by Gasteiger charge is -2.20. The van der Waals surface area contributed by atoms with Gasteiger partial charge in [-0.2, -0.15) is 4.98 Å². The number of nitrogens with zero attached hydrogens (tertiary/aromatic N) is 5. The van der Waals surface area contributed by atoms with E-state index in [0.717, 1.165) is 22.4 Å². The molecule has 122 valence electrons. The second kappa shape index (κ2) is 5.89. The first-order chi connectivity index (χ1) is 12.2. The quantitative estimate of drug-likeness (QED) is 0.585. The van der Waals surface area contributed by atoms with Crippen LogP contribution in [0.2, 0.25) is 0 Å². The molecule has 0 radical (unpaired) electrons. The summed E-state index contributed by atoms with van der Waals surface area (Å²) in [5.41, 5.74) is 2.48. The smallest absolute Gasteiger partial charge is 0.257 e. The molecule has 4 aromatic rings. The van der Waals surface area contributed by atoms with E-state index in [1.807, 2.05) is 60.5 Å². The van der Waals surface area contributed by atoms with Crippen molar-refractivity contribution < 1.29 is 5.11 Å². The van der Waals surface area contributed by atoms with Gasteiger partial charge in [-0.15, -0.1) is 16.6 Å². The average Bonchev–Trinajstić information content (AvgIpc) is 3.15. The summed E-state index contributed by atoms with van der Waals surface area (Å²) < 4.78 is 1.78. The maximum atomic E-state index is 9.97. The highest BCUT2D eigenvalue weighted by molar-refractivity contribution is 5.93. The summed E-state index contributed by atoms with van der Waals surface area (Å²) in [5.74, 6) is 3.58. The Morgan fingerprint density at radius 1 is 1.20 bits per heavy atom. The van der Waals surface area contributed by atoms with E-state index in [1.54, 1.807) is 10.7 Å². The van der Waals surface area contributed by atoms with Gasteiger partial charge in [-0.3, -0.25) is 4.40 Å². The first kappa shape index (κ1) is 15.1. The zero-order valence-corrected chi connectivity index (χ0v) is 13.5. The van der Waals surface area contributed by atoms with Crippen LogP contribution < -0.4 is 4.90 Å². The van der Waals surface area contributed by atoms with Crippen molar-refractivity contribution in [3.63, 3.8) is 0 Å². The fourth-order valence-electron chi connectivity index (χ4n) is 2.86. The third kappa shape index (κ3) is 2.47. The first-order valence-electron chi connectivity index (χ1n) is 7.75. The molecule has 2 aromatic heterocycles. The summed E-state index contributed by atoms with van der Waals surface area (Å²) in [4.78, 5) is 6.64. The van der Waals surface area contributed by atoms with Gasteiger partial charge in [0, 0.05) is 18.1 Å². The Morgan fingerprint density at radius 2 is 2.00 bits per heavy atom. The molecule has 0 bridgehead atoms. The zero-order chi connectivity index (χ0) is 17.4. The second-order valence-corrected chi connectivity index (χ2v) is 5.68. The highest BCUT2D eigenvalue weighted by atomic mass is 16.3. The molecule has 6 nitrogen and oxygen atoms in total. The van der Waals surface area contributed by atoms with Gasteiger partial charge < -0.3 is 10.0 Å². The SMILES string of the molecule is C#CC(O)c1ccc2c(N(C)c3ccccc3)nc3nncn3c2c1. The molecule has 1 unspecified atom stereocenters. The third-order valence-electron chi connectivity index (χ3n) is 4.19. The summed E-state index contributed by atoms with van der Waals surface area (Å²) in [6.07, 6.45) is 5.98. The standard InChI is InChI=1S/C19H15N5O/c1-3-17(25)13-9-10-15-16(11-13)24-12-20-22-19(24)21-18(15)23(2)14-7-5-4-6-8-14/h1,4-12,17,25H,2H3. The molecular formula is C19H15N5O. The number of anilines is 2. The summed E-state index contributed by atoms with van der Waals surface area (Å²) in [7, 11) is 1.95. The van der Waals surface area contributed by atoms with Crippen LogP contribution >= 0.6 is 0 Å². The molecule has 0 saturated carbocycles. The molecule has 0 fully saturated rings. The molecule has 2 aromatic carbocycles. The minimum Gasteiger partial charge on any atom is -0.376 e. The van der Waals surface area contributed by atoms with Gasteiger partial charge in [0.25, 0.3) is 5.78 Å². The van der Waals surface area contributed by atoms with Gasteiger partial charge >= 0.3 is 0 Å². The highest BCUT2D eigenvalue weighted by Crippen LogP contribution is 2.31. The van der Waals surface area contributed by atoms with Crippen LogP contribution in [0, 0.1) is 12.3 Å². The number of aromatic nitrogens is 4. The molecule has 25 heavy (non-hydrogen) atoms. The molecule has 0 aliphatic carbocycles. The number of aliphatic hydroxyl groups is 1. The van der Waals surface area contributed by atoms with Gasteiger partial charge in [0.1, 0.15) is 18.2 Å². The van der Waals surface area contributed by atoms with E-state index in [-0.39, 0.29) is 0 Å². The van der Waals surface area contributed by atoms with E-state index < -0.39 is 6.10 Å². The van der Waals surface area contributed by atoms with Crippen molar-refractivity contribution >= 4 is 28.2 Å². The molecule has 6 heteroatoms. The Labute approximate surface area is 144 Å². The van der Waals surface area contributed by atoms with Crippen molar-refractivity contribution in [2.75, 3.05) is 11.9 Å². The molecule has 4 rings (SSSR count). The van der Waals surface area contributed by atoms with Gasteiger partial charge in [-0.1, -0.05) is 30.2 Å². The van der Waals surface area contributed by atoms with Gasteiger partial charge in [0.15, 0.2) is 0 Å². The zero-order valence-electron chi connectivity index (χ0n) is 13.5. The summed E-state index contributed by atoms with van der Waals surface area (Å²) in [6.45, 7) is 0. The summed E-state index contributed by atoms with van der Waals surface area (Å²) in [6, 6.07) is 15.5. The number of aliphatic hydroxyl groups excluding tert-OH is 1. The predicted octanol–water partition coefficient (Wildman–Crippen LogP) is 2.71. The first-order valence-corrected chi connectivity index (χ1v) is 7.75. The Bertz CT molecular complexity index is 1100. The molecule has 0 spiro atoms. The van der Waals surface area contributed by atoms with Crippen LogP contribution in [0.3, 0.4) is 0 Å². The van der Waals surface area contributed by atoms with Crippen molar-refractivity contribution in [3.8, 4) is 12.3 Å². The van der Waals surface area contributed by atoms with E-state index in [9.17, 15) is 5.11 Å². The average molecular weight is 329 g/mol. The van der Waals surface area contributed by atoms with E-state index in [0.29, 0.717) is 11.3 Å². The number of hydrogen-bond donors (Lipinski definition) is 1. The van der Waals surface area contributed by atoms with E-state index >= 15 is 0 Å². The van der Waals surface area contributed by atoms with Crippen LogP contribution in [0.4, 0.5) is 11.5 Å². The minimum atomic E-state index is -0.959. The summed E-state index contributed by atoms with van der Waals surface area (Å²) >= 11 is 0. The number of benzene rings is 2. The molecule has 0 amide bonds. The second-order valence-electron chi connectivity index (χ2n) is 5.68. The molecule has 0 aliphatic rings. The largest absolute Gasteiger partial charge is 0.376 e. The third-order valence-corrected chi connectivity index (χ3v) is 4.19. The number of fused-ring (bicyclic) bond motifs is 3. The van der Waals surface area contributed by atoms with E-state index in [1.165, 1.54) is 0 Å². The monoisotopic (exact) mass is 329 g/mol. The Hall–Kier alpha value is -3.43. The van der Waals surface area contributed by atoms with Gasteiger partial charge in [-0.25, -0.2) is 0 Å². The molecule has 0 saturated heterocycles. The molecule has 2 heterocycles. The fraction of sp³-hybridized carbons (Fsp3) is 0.105. The van der Waals surface area contributed by atoms with Crippen LogP contribution in [0.1, 0.15) is 11.7 Å². The molecular weight excluding hydrogens is 314 g/mol. The normalized spacial score (nSPS) is 12.2. The Balaban J connectivity index is 1.99. The topological polar surface area (TPSA) is 66.5 Å². The lowest BCUT2D eigenvalue weighted by atomic mass is 10.1. The molecule has 1 N–H and O–H groups in total. The van der Waals surface area contributed by atoms with Crippen LogP contribution in [0.5, 0.6) is 0 Å². The van der Waals surface area contributed by atoms with Crippen molar-refractivity contribution in [1.29, 1.82) is 0 Å². The number of para-hydroxylation sites is 1. The van der Waals surface area contributed by atoms with E-state index in [4.69, 9.17) is 6.42 Å². The van der Waals surface area contributed by atoms with Gasteiger partial charge in [-0.05, 0) is 29.8 Å². The Morgan fingerprint density at radius 3 is 2.76 bits per heavy atom. The van der Waals surface area contributed by atoms with Gasteiger partial charge in [0.05, 0.1) is 5.52 Å². The molecule has 0 aliphatic heterocycles. The van der Waals surface area contributed by atoms with Gasteiger partial charge in [0.2, 0.25) is 0 Å². The van der Waals surface area contributed by atoms with Crippen LogP contribution in [0.25, 0.3) is 16.7 Å². The highest BCUT2D eigenvalue weighted by Gasteiger charge is 2.16. The van der Waals surface area contributed by atoms with Crippen LogP contribution in [-0.2, 0) is 0 Å². The fourth-order valence-corrected chi connectivity index (χ4v) is 2.86. The van der Waals surface area contributed by atoms with Crippen molar-refractivity contribution in [2.24, 2.45) is 0 Å². The predicted molar refractivity (Wildman–Crippen MR) is 96.6 cm³/mol. The number of terminal acetylenes is 1. The van der Waals surface area contributed by atoms with Crippen molar-refractivity contribution in [1.82, 2.24) is 19.6 Å². The lowest BCUT2D eigenvalue weighted by Crippen LogP contribution is -2.13. The maximum Gasteiger partial charge on any atom is 0.257 e. The number of rotatable bonds is 3. The Kier molecular flexibility index (Phi) is 3.56. The van der Waals surface area contributed by atoms with Crippen molar-refractivity contribution in [2.45, 2.75) is 6.10 Å². The van der Waals surface area contributed by atoms with Crippen LogP contribution in [0.15, 0.2) is 54.9 Å². The molecule has 1 atom stereocenters.